The number of rotatable bonds is 5. The summed E-state index contributed by atoms with van der Waals surface area (Å²) >= 11 is 3.08. The molecule has 14 heteroatoms. The fraction of sp³-hybridized carbons (Fsp3) is 0.360. The monoisotopic (exact) mass is 572 g/mol. The largest absolute Gasteiger partial charge is 0.451 e. The first-order chi connectivity index (χ1) is 18.7. The third-order valence-electron chi connectivity index (χ3n) is 6.86. The molecule has 0 aromatic carbocycles. The van der Waals surface area contributed by atoms with E-state index in [1.165, 1.54) is 23.7 Å². The zero-order chi connectivity index (χ0) is 27.3. The predicted octanol–water partition coefficient (Wildman–Crippen LogP) is 5.32. The minimum atomic E-state index is -4.58. The van der Waals surface area contributed by atoms with Crippen LogP contribution in [0.1, 0.15) is 39.7 Å². The van der Waals surface area contributed by atoms with Gasteiger partial charge in [0.2, 0.25) is 5.82 Å². The molecular formula is C25H23F3N8OS2. The number of fused-ring (bicyclic) bond motifs is 2. The lowest BCUT2D eigenvalue weighted by molar-refractivity contribution is -0.145. The molecule has 4 aromatic heterocycles. The number of hydrogen-bond acceptors (Lipinski definition) is 10. The number of aryl methyl sites for hydroxylation is 2. The average molecular weight is 573 g/mol. The third kappa shape index (κ3) is 5.05. The molecule has 1 amide bonds. The number of pyridine rings is 1. The first kappa shape index (κ1) is 25.6. The van der Waals surface area contributed by atoms with Gasteiger partial charge in [0.25, 0.3) is 5.91 Å². The summed E-state index contributed by atoms with van der Waals surface area (Å²) in [6, 6.07) is 3.40. The number of anilines is 3. The number of thiazole rings is 2. The van der Waals surface area contributed by atoms with E-state index in [2.05, 4.69) is 30.2 Å². The fourth-order valence-corrected chi connectivity index (χ4v) is 6.80. The summed E-state index contributed by atoms with van der Waals surface area (Å²) in [6.45, 7) is 4.96. The van der Waals surface area contributed by atoms with Crippen molar-refractivity contribution >= 4 is 45.2 Å². The first-order valence-electron chi connectivity index (χ1n) is 12.3. The van der Waals surface area contributed by atoms with E-state index in [9.17, 15) is 18.0 Å². The highest BCUT2D eigenvalue weighted by molar-refractivity contribution is 7.16. The average Bonchev–Trinajstić information content (AvgIpc) is 3.58. The van der Waals surface area contributed by atoms with Crippen molar-refractivity contribution in [3.63, 3.8) is 0 Å². The summed E-state index contributed by atoms with van der Waals surface area (Å²) in [6.07, 6.45) is 1.04. The van der Waals surface area contributed by atoms with Crippen LogP contribution in [0.25, 0.3) is 10.6 Å². The van der Waals surface area contributed by atoms with Crippen LogP contribution in [0, 0.1) is 13.8 Å². The van der Waals surface area contributed by atoms with Crippen molar-refractivity contribution in [2.75, 3.05) is 23.3 Å². The highest BCUT2D eigenvalue weighted by Crippen LogP contribution is 2.35. The van der Waals surface area contributed by atoms with E-state index in [0.29, 0.717) is 35.3 Å². The van der Waals surface area contributed by atoms with Gasteiger partial charge < -0.3 is 15.1 Å². The lowest BCUT2D eigenvalue weighted by atomic mass is 10.1. The molecule has 6 rings (SSSR count). The maximum atomic E-state index is 13.4. The maximum Gasteiger partial charge on any atom is 0.451 e. The Morgan fingerprint density at radius 2 is 1.74 bits per heavy atom. The molecule has 4 aromatic rings. The van der Waals surface area contributed by atoms with Crippen LogP contribution in [0.3, 0.4) is 0 Å². The van der Waals surface area contributed by atoms with Gasteiger partial charge in [-0.25, -0.2) is 24.9 Å². The van der Waals surface area contributed by atoms with Crippen LogP contribution < -0.4 is 10.2 Å². The number of hydrogen-bond donors (Lipinski definition) is 1. The number of carbonyl (C=O) groups excluding carboxylic acids is 1. The van der Waals surface area contributed by atoms with Crippen LogP contribution in [0.5, 0.6) is 0 Å². The predicted molar refractivity (Wildman–Crippen MR) is 142 cm³/mol. The second kappa shape index (κ2) is 9.83. The second-order valence-corrected chi connectivity index (χ2v) is 11.6. The molecule has 39 heavy (non-hydrogen) atoms. The summed E-state index contributed by atoms with van der Waals surface area (Å²) in [5, 5.41) is 6.87. The van der Waals surface area contributed by atoms with Crippen LogP contribution in [-0.2, 0) is 6.18 Å². The number of piperazine rings is 1. The topological polar surface area (TPSA) is 100 Å². The van der Waals surface area contributed by atoms with Gasteiger partial charge in [-0.05, 0) is 38.8 Å². The normalized spacial score (nSPS) is 19.0. The van der Waals surface area contributed by atoms with Crippen molar-refractivity contribution in [3.8, 4) is 10.6 Å². The molecule has 6 heterocycles. The fourth-order valence-electron chi connectivity index (χ4n) is 5.13. The third-order valence-corrected chi connectivity index (χ3v) is 8.71. The van der Waals surface area contributed by atoms with Gasteiger partial charge in [0.15, 0.2) is 5.13 Å². The zero-order valence-electron chi connectivity index (χ0n) is 20.9. The highest BCUT2D eigenvalue weighted by Gasteiger charge is 2.43. The van der Waals surface area contributed by atoms with Crippen LogP contribution in [0.4, 0.5) is 29.8 Å². The Kier molecular flexibility index (Phi) is 6.46. The Morgan fingerprint density at radius 1 is 1.03 bits per heavy atom. The number of nitrogens with zero attached hydrogens (tertiary/aromatic N) is 7. The molecule has 2 fully saturated rings. The molecule has 2 bridgehead atoms. The minimum Gasteiger partial charge on any atom is -0.365 e. The van der Waals surface area contributed by atoms with Gasteiger partial charge in [0.05, 0.1) is 44.9 Å². The summed E-state index contributed by atoms with van der Waals surface area (Å²) in [5.74, 6) is -0.675. The van der Waals surface area contributed by atoms with E-state index in [1.54, 1.807) is 29.7 Å². The van der Waals surface area contributed by atoms with Gasteiger partial charge in [-0.1, -0.05) is 0 Å². The molecule has 0 aliphatic carbocycles. The minimum absolute atomic E-state index is 0.0519. The van der Waals surface area contributed by atoms with E-state index >= 15 is 0 Å². The molecule has 202 valence electrons. The van der Waals surface area contributed by atoms with Crippen molar-refractivity contribution < 1.29 is 18.0 Å². The smallest absolute Gasteiger partial charge is 0.365 e. The summed E-state index contributed by atoms with van der Waals surface area (Å²) < 4.78 is 38.4. The number of nitrogens with one attached hydrogen (secondary N) is 1. The van der Waals surface area contributed by atoms with Crippen LogP contribution in [-0.4, -0.2) is 60.9 Å². The Labute approximate surface area is 229 Å². The van der Waals surface area contributed by atoms with Crippen molar-refractivity contribution in [3.05, 3.63) is 58.2 Å². The number of amides is 1. The first-order valence-corrected chi connectivity index (χ1v) is 13.9. The molecule has 2 aliphatic heterocycles. The lowest BCUT2D eigenvalue weighted by Crippen LogP contribution is -2.56. The highest BCUT2D eigenvalue weighted by atomic mass is 32.1. The number of alkyl halides is 3. The van der Waals surface area contributed by atoms with Crippen LogP contribution in [0.2, 0.25) is 0 Å². The Hall–Kier alpha value is -3.65. The SMILES string of the molecule is Cc1nc(C)c(-c2csc(Nc3ccc(C(=O)N4C5CCC4CN(c4cnc(C(F)(F)F)nc4)C5)cn3)n2)s1. The van der Waals surface area contributed by atoms with Gasteiger partial charge in [0, 0.05) is 36.8 Å². The quantitative estimate of drug-likeness (QED) is 0.343. The van der Waals surface area contributed by atoms with Gasteiger partial charge in [-0.3, -0.25) is 4.79 Å². The summed E-state index contributed by atoms with van der Waals surface area (Å²) in [5.41, 5.74) is 2.84. The van der Waals surface area contributed by atoms with Crippen LogP contribution in [0.15, 0.2) is 36.1 Å². The second-order valence-electron chi connectivity index (χ2n) is 9.51. The molecule has 2 aliphatic rings. The molecule has 2 saturated heterocycles. The van der Waals surface area contributed by atoms with E-state index in [1.807, 2.05) is 29.0 Å². The number of halogens is 3. The number of aromatic nitrogens is 5. The summed E-state index contributed by atoms with van der Waals surface area (Å²) in [7, 11) is 0. The van der Waals surface area contributed by atoms with E-state index in [-0.39, 0.29) is 18.0 Å². The van der Waals surface area contributed by atoms with E-state index < -0.39 is 12.0 Å². The number of carbonyl (C=O) groups is 1. The standard InChI is InChI=1S/C25H23F3N8OS2/c1-13-21(39-14(2)32-13)19-12-38-24(33-19)34-20-6-3-15(7-29-20)22(37)36-16-4-5-17(36)11-35(10-16)18-8-30-23(31-9-18)25(26,27)28/h3,6-9,12,16-17H,4-5,10-11H2,1-2H3,(H,29,33,34). The van der Waals surface area contributed by atoms with Crippen molar-refractivity contribution in [1.82, 2.24) is 29.8 Å². The van der Waals surface area contributed by atoms with Gasteiger partial charge in [-0.15, -0.1) is 22.7 Å². The molecule has 2 atom stereocenters. The summed E-state index contributed by atoms with van der Waals surface area (Å²) in [4.78, 5) is 38.8. The van der Waals surface area contributed by atoms with Gasteiger partial charge in [0.1, 0.15) is 5.82 Å². The molecule has 9 nitrogen and oxygen atoms in total. The Balaban J connectivity index is 1.11. The molecule has 0 spiro atoms. The molecule has 1 N–H and O–H groups in total. The molecule has 0 radical (unpaired) electrons. The van der Waals surface area contributed by atoms with Crippen LogP contribution >= 0.6 is 22.7 Å². The van der Waals surface area contributed by atoms with E-state index in [0.717, 1.165) is 34.1 Å². The van der Waals surface area contributed by atoms with Gasteiger partial charge in [-0.2, -0.15) is 13.2 Å². The lowest BCUT2D eigenvalue weighted by Gasteiger charge is -2.42. The van der Waals surface area contributed by atoms with Crippen molar-refractivity contribution in [1.29, 1.82) is 0 Å². The Bertz CT molecular complexity index is 1490. The molecular weight excluding hydrogens is 549 g/mol. The maximum absolute atomic E-state index is 13.4. The van der Waals surface area contributed by atoms with Gasteiger partial charge >= 0.3 is 6.18 Å². The molecule has 0 saturated carbocycles. The van der Waals surface area contributed by atoms with E-state index in [4.69, 9.17) is 0 Å². The zero-order valence-corrected chi connectivity index (χ0v) is 22.6. The molecule has 2 unspecified atom stereocenters. The van der Waals surface area contributed by atoms with Crippen molar-refractivity contribution in [2.24, 2.45) is 0 Å². The Morgan fingerprint density at radius 3 is 2.33 bits per heavy atom. The van der Waals surface area contributed by atoms with Crippen molar-refractivity contribution in [2.45, 2.75) is 44.9 Å².